The van der Waals surface area contributed by atoms with Crippen molar-refractivity contribution in [3.63, 3.8) is 0 Å². The van der Waals surface area contributed by atoms with Gasteiger partial charge in [0.15, 0.2) is 0 Å². The van der Waals surface area contributed by atoms with E-state index in [0.29, 0.717) is 17.5 Å². The van der Waals surface area contributed by atoms with Crippen LogP contribution in [0.2, 0.25) is 0 Å². The molecule has 0 heterocycles. The standard InChI is InChI=1S/C16H22N2/c1-12(2)16(11-18-13(3)4)9-14-6-5-7-15(8-14)10-17/h5-9,12-13,18H,11H2,1-4H3. The number of hydrogen-bond donors (Lipinski definition) is 1. The lowest BCUT2D eigenvalue weighted by molar-refractivity contribution is 0.593. The van der Waals surface area contributed by atoms with Crippen LogP contribution in [0, 0.1) is 17.2 Å². The molecule has 0 aliphatic heterocycles. The lowest BCUT2D eigenvalue weighted by atomic mass is 9.99. The van der Waals surface area contributed by atoms with Gasteiger partial charge < -0.3 is 5.32 Å². The fourth-order valence-corrected chi connectivity index (χ4v) is 1.66. The van der Waals surface area contributed by atoms with E-state index in [-0.39, 0.29) is 0 Å². The largest absolute Gasteiger partial charge is 0.311 e. The van der Waals surface area contributed by atoms with E-state index in [1.807, 2.05) is 24.3 Å². The summed E-state index contributed by atoms with van der Waals surface area (Å²) in [5, 5.41) is 12.3. The number of benzene rings is 1. The SMILES string of the molecule is CC(C)NCC(=Cc1cccc(C#N)c1)C(C)C. The molecule has 0 aromatic heterocycles. The minimum atomic E-state index is 0.484. The van der Waals surface area contributed by atoms with Crippen LogP contribution in [-0.2, 0) is 0 Å². The van der Waals surface area contributed by atoms with Gasteiger partial charge >= 0.3 is 0 Å². The average molecular weight is 242 g/mol. The van der Waals surface area contributed by atoms with Gasteiger partial charge in [0.05, 0.1) is 11.6 Å². The summed E-state index contributed by atoms with van der Waals surface area (Å²) in [6.07, 6.45) is 2.18. The molecule has 1 aromatic carbocycles. The molecule has 0 radical (unpaired) electrons. The molecule has 18 heavy (non-hydrogen) atoms. The Morgan fingerprint density at radius 1 is 1.33 bits per heavy atom. The van der Waals surface area contributed by atoms with Gasteiger partial charge in [-0.05, 0) is 23.6 Å². The number of nitrogens with one attached hydrogen (secondary N) is 1. The van der Waals surface area contributed by atoms with Crippen molar-refractivity contribution in [1.29, 1.82) is 5.26 Å². The van der Waals surface area contributed by atoms with E-state index in [0.717, 1.165) is 12.1 Å². The van der Waals surface area contributed by atoms with Crippen molar-refractivity contribution in [2.45, 2.75) is 33.7 Å². The summed E-state index contributed by atoms with van der Waals surface area (Å²) >= 11 is 0. The topological polar surface area (TPSA) is 35.8 Å². The summed E-state index contributed by atoms with van der Waals surface area (Å²) in [5.74, 6) is 0.502. The van der Waals surface area contributed by atoms with Gasteiger partial charge in [0.25, 0.3) is 0 Å². The van der Waals surface area contributed by atoms with Crippen LogP contribution in [0.25, 0.3) is 6.08 Å². The third-order valence-corrected chi connectivity index (χ3v) is 2.82. The zero-order valence-electron chi connectivity index (χ0n) is 11.7. The maximum Gasteiger partial charge on any atom is 0.0991 e. The Morgan fingerprint density at radius 2 is 2.06 bits per heavy atom. The quantitative estimate of drug-likeness (QED) is 0.856. The number of nitriles is 1. The van der Waals surface area contributed by atoms with E-state index in [2.05, 4.69) is 45.2 Å². The highest BCUT2D eigenvalue weighted by molar-refractivity contribution is 5.55. The fraction of sp³-hybridized carbons (Fsp3) is 0.438. The summed E-state index contributed by atoms with van der Waals surface area (Å²) in [7, 11) is 0. The molecule has 2 heteroatoms. The molecule has 0 bridgehead atoms. The normalized spacial score (nSPS) is 11.9. The lowest BCUT2D eigenvalue weighted by Gasteiger charge is -2.15. The zero-order valence-corrected chi connectivity index (χ0v) is 11.7. The van der Waals surface area contributed by atoms with E-state index < -0.39 is 0 Å². The molecule has 0 aliphatic carbocycles. The second kappa shape index (κ2) is 6.98. The third-order valence-electron chi connectivity index (χ3n) is 2.82. The van der Waals surface area contributed by atoms with E-state index in [9.17, 15) is 0 Å². The highest BCUT2D eigenvalue weighted by atomic mass is 14.9. The van der Waals surface area contributed by atoms with Crippen molar-refractivity contribution < 1.29 is 0 Å². The van der Waals surface area contributed by atoms with E-state index >= 15 is 0 Å². The van der Waals surface area contributed by atoms with Gasteiger partial charge in [-0.2, -0.15) is 5.26 Å². The van der Waals surface area contributed by atoms with Crippen molar-refractivity contribution in [2.24, 2.45) is 5.92 Å². The summed E-state index contributed by atoms with van der Waals surface area (Å²) in [4.78, 5) is 0. The van der Waals surface area contributed by atoms with Crippen LogP contribution < -0.4 is 5.32 Å². The van der Waals surface area contributed by atoms with E-state index in [4.69, 9.17) is 5.26 Å². The van der Waals surface area contributed by atoms with Crippen molar-refractivity contribution in [1.82, 2.24) is 5.32 Å². The maximum atomic E-state index is 8.90. The molecular formula is C16H22N2. The molecule has 0 spiro atoms. The smallest absolute Gasteiger partial charge is 0.0991 e. The zero-order chi connectivity index (χ0) is 13.5. The summed E-state index contributed by atoms with van der Waals surface area (Å²) in [5.41, 5.74) is 3.17. The van der Waals surface area contributed by atoms with Crippen molar-refractivity contribution in [3.8, 4) is 6.07 Å². The molecule has 1 N–H and O–H groups in total. The van der Waals surface area contributed by atoms with Gasteiger partial charge in [-0.25, -0.2) is 0 Å². The molecule has 0 unspecified atom stereocenters. The molecule has 0 fully saturated rings. The fourth-order valence-electron chi connectivity index (χ4n) is 1.66. The molecule has 2 nitrogen and oxygen atoms in total. The third kappa shape index (κ3) is 4.73. The summed E-state index contributed by atoms with van der Waals surface area (Å²) in [6, 6.07) is 10.4. The van der Waals surface area contributed by atoms with Crippen molar-refractivity contribution >= 4 is 6.08 Å². The lowest BCUT2D eigenvalue weighted by Crippen LogP contribution is -2.26. The van der Waals surface area contributed by atoms with E-state index in [1.54, 1.807) is 0 Å². The van der Waals surface area contributed by atoms with Gasteiger partial charge in [-0.1, -0.05) is 51.5 Å². The Balaban J connectivity index is 2.90. The number of hydrogen-bond acceptors (Lipinski definition) is 2. The van der Waals surface area contributed by atoms with Gasteiger partial charge in [-0.3, -0.25) is 0 Å². The van der Waals surface area contributed by atoms with Crippen LogP contribution in [0.4, 0.5) is 0 Å². The molecule has 1 rings (SSSR count). The van der Waals surface area contributed by atoms with Crippen molar-refractivity contribution in [2.75, 3.05) is 6.54 Å². The van der Waals surface area contributed by atoms with Crippen LogP contribution in [0.1, 0.15) is 38.8 Å². The Hall–Kier alpha value is -1.59. The minimum absolute atomic E-state index is 0.484. The van der Waals surface area contributed by atoms with Gasteiger partial charge in [0.2, 0.25) is 0 Å². The highest BCUT2D eigenvalue weighted by Crippen LogP contribution is 2.15. The number of nitrogens with zero attached hydrogens (tertiary/aromatic N) is 1. The second-order valence-corrected chi connectivity index (χ2v) is 5.15. The first-order valence-corrected chi connectivity index (χ1v) is 6.47. The predicted octanol–water partition coefficient (Wildman–Crippen LogP) is 3.60. The maximum absolute atomic E-state index is 8.90. The van der Waals surface area contributed by atoms with Gasteiger partial charge in [0.1, 0.15) is 0 Å². The summed E-state index contributed by atoms with van der Waals surface area (Å²) < 4.78 is 0. The molecule has 0 saturated heterocycles. The molecule has 0 amide bonds. The first kappa shape index (κ1) is 14.5. The first-order valence-electron chi connectivity index (χ1n) is 6.47. The molecule has 0 atom stereocenters. The average Bonchev–Trinajstić information content (AvgIpc) is 2.34. The molecule has 0 saturated carbocycles. The monoisotopic (exact) mass is 242 g/mol. The Morgan fingerprint density at radius 3 is 2.61 bits per heavy atom. The number of rotatable bonds is 5. The molecule has 96 valence electrons. The second-order valence-electron chi connectivity index (χ2n) is 5.15. The molecular weight excluding hydrogens is 220 g/mol. The Kier molecular flexibility index (Phi) is 5.61. The van der Waals surface area contributed by atoms with Gasteiger partial charge in [0, 0.05) is 12.6 Å². The van der Waals surface area contributed by atoms with Crippen LogP contribution in [0.5, 0.6) is 0 Å². The molecule has 0 aliphatic rings. The van der Waals surface area contributed by atoms with Crippen LogP contribution >= 0.6 is 0 Å². The minimum Gasteiger partial charge on any atom is -0.311 e. The predicted molar refractivity (Wildman–Crippen MR) is 77.1 cm³/mol. The van der Waals surface area contributed by atoms with Crippen molar-refractivity contribution in [3.05, 3.63) is 41.0 Å². The van der Waals surface area contributed by atoms with E-state index in [1.165, 1.54) is 5.57 Å². The Bertz CT molecular complexity index is 450. The highest BCUT2D eigenvalue weighted by Gasteiger charge is 2.04. The van der Waals surface area contributed by atoms with Gasteiger partial charge in [-0.15, -0.1) is 0 Å². The molecule has 1 aromatic rings. The van der Waals surface area contributed by atoms with Crippen LogP contribution in [0.3, 0.4) is 0 Å². The van der Waals surface area contributed by atoms with Crippen LogP contribution in [-0.4, -0.2) is 12.6 Å². The summed E-state index contributed by atoms with van der Waals surface area (Å²) in [6.45, 7) is 9.58. The first-order chi connectivity index (χ1) is 8.52. The Labute approximate surface area is 110 Å². The van der Waals surface area contributed by atoms with Crippen LogP contribution in [0.15, 0.2) is 29.8 Å².